The Morgan fingerprint density at radius 3 is 2.50 bits per heavy atom. The predicted molar refractivity (Wildman–Crippen MR) is 50.7 cm³/mol. The molecule has 0 aromatic rings. The standard InChI is InChI=1S/C7H16OS2/c1-3-4-5-6-7-10(9)8-2/h3-7H2,1-2H3. The molecule has 0 fully saturated rings. The zero-order valence-electron chi connectivity index (χ0n) is 6.76. The average Bonchev–Trinajstić information content (AvgIpc) is 1.98. The Hall–Kier alpha value is 0.530. The van der Waals surface area contributed by atoms with E-state index in [4.69, 9.17) is 15.4 Å². The number of hydrogen-bond acceptors (Lipinski definition) is 2. The van der Waals surface area contributed by atoms with Gasteiger partial charge in [0.05, 0.1) is 7.11 Å². The molecule has 0 aromatic heterocycles. The van der Waals surface area contributed by atoms with Crippen LogP contribution in [0.15, 0.2) is 0 Å². The minimum absolute atomic E-state index is 0.197. The van der Waals surface area contributed by atoms with Crippen LogP contribution in [-0.2, 0) is 25.1 Å². The van der Waals surface area contributed by atoms with Crippen molar-refractivity contribution in [2.24, 2.45) is 0 Å². The van der Waals surface area contributed by atoms with Gasteiger partial charge in [0.25, 0.3) is 0 Å². The van der Waals surface area contributed by atoms with E-state index in [1.165, 1.54) is 25.7 Å². The fraction of sp³-hybridized carbons (Fsp3) is 1.00. The van der Waals surface area contributed by atoms with Gasteiger partial charge in [0, 0.05) is 15.5 Å². The van der Waals surface area contributed by atoms with E-state index in [1.807, 2.05) is 0 Å². The van der Waals surface area contributed by atoms with E-state index in [9.17, 15) is 0 Å². The van der Waals surface area contributed by atoms with Gasteiger partial charge in [-0.1, -0.05) is 26.2 Å². The summed E-state index contributed by atoms with van der Waals surface area (Å²) >= 11 is 4.99. The van der Waals surface area contributed by atoms with E-state index in [2.05, 4.69) is 6.92 Å². The van der Waals surface area contributed by atoms with Crippen LogP contribution in [0.1, 0.15) is 32.6 Å². The Morgan fingerprint density at radius 2 is 2.00 bits per heavy atom. The second kappa shape index (κ2) is 7.63. The fourth-order valence-electron chi connectivity index (χ4n) is 0.730. The highest BCUT2D eigenvalue weighted by Crippen LogP contribution is 2.00. The highest BCUT2D eigenvalue weighted by atomic mass is 32.8. The van der Waals surface area contributed by atoms with Crippen LogP contribution < -0.4 is 0 Å². The normalized spacial score (nSPS) is 13.4. The van der Waals surface area contributed by atoms with Gasteiger partial charge >= 0.3 is 0 Å². The van der Waals surface area contributed by atoms with E-state index in [1.54, 1.807) is 7.11 Å². The Bertz CT molecular complexity index is 93.6. The highest BCUT2D eigenvalue weighted by Gasteiger charge is 1.91. The lowest BCUT2D eigenvalue weighted by Crippen LogP contribution is -1.96. The second-order valence-corrected chi connectivity index (χ2v) is 4.70. The SMILES string of the molecule is CCCCCCS(=S)OC. The van der Waals surface area contributed by atoms with Crippen molar-refractivity contribution in [1.82, 2.24) is 0 Å². The summed E-state index contributed by atoms with van der Waals surface area (Å²) in [6.45, 7) is 2.21. The molecule has 1 unspecified atom stereocenters. The van der Waals surface area contributed by atoms with E-state index >= 15 is 0 Å². The van der Waals surface area contributed by atoms with Crippen molar-refractivity contribution >= 4 is 20.9 Å². The first kappa shape index (κ1) is 10.5. The maximum absolute atomic E-state index is 4.99. The van der Waals surface area contributed by atoms with Crippen molar-refractivity contribution in [3.05, 3.63) is 0 Å². The summed E-state index contributed by atoms with van der Waals surface area (Å²) in [6, 6.07) is 0. The zero-order valence-corrected chi connectivity index (χ0v) is 8.39. The first-order chi connectivity index (χ1) is 4.81. The lowest BCUT2D eigenvalue weighted by molar-refractivity contribution is 0.482. The Balaban J connectivity index is 2.96. The van der Waals surface area contributed by atoms with Gasteiger partial charge in [0.2, 0.25) is 0 Å². The Labute approximate surface area is 71.0 Å². The number of hydrogen-bond donors (Lipinski definition) is 0. The summed E-state index contributed by atoms with van der Waals surface area (Å²) in [5.74, 6) is 1.06. The summed E-state index contributed by atoms with van der Waals surface area (Å²) in [7, 11) is 1.49. The van der Waals surface area contributed by atoms with E-state index in [-0.39, 0.29) is 9.74 Å². The highest BCUT2D eigenvalue weighted by molar-refractivity contribution is 8.26. The summed E-state index contributed by atoms with van der Waals surface area (Å²) in [5.41, 5.74) is 0. The van der Waals surface area contributed by atoms with Crippen LogP contribution in [0.25, 0.3) is 0 Å². The van der Waals surface area contributed by atoms with Crippen molar-refractivity contribution < 1.29 is 4.18 Å². The first-order valence-corrected chi connectivity index (χ1v) is 5.98. The smallest absolute Gasteiger partial charge is 0.0506 e. The van der Waals surface area contributed by atoms with Crippen molar-refractivity contribution in [1.29, 1.82) is 0 Å². The van der Waals surface area contributed by atoms with Crippen LogP contribution in [-0.4, -0.2) is 12.9 Å². The van der Waals surface area contributed by atoms with Gasteiger partial charge in [-0.2, -0.15) is 0 Å². The molecule has 3 heteroatoms. The average molecular weight is 180 g/mol. The summed E-state index contributed by atoms with van der Waals surface area (Å²) in [6.07, 6.45) is 5.16. The molecule has 1 nitrogen and oxygen atoms in total. The third-order valence-electron chi connectivity index (χ3n) is 1.35. The molecule has 0 N–H and O–H groups in total. The van der Waals surface area contributed by atoms with Gasteiger partial charge in [-0.3, -0.25) is 0 Å². The molecule has 0 bridgehead atoms. The van der Waals surface area contributed by atoms with Crippen molar-refractivity contribution in [2.75, 3.05) is 12.9 Å². The third kappa shape index (κ3) is 6.65. The van der Waals surface area contributed by atoms with Crippen LogP contribution >= 0.6 is 0 Å². The topological polar surface area (TPSA) is 9.23 Å². The van der Waals surface area contributed by atoms with Gasteiger partial charge < -0.3 is 4.18 Å². The third-order valence-corrected chi connectivity index (χ3v) is 3.25. The molecule has 1 atom stereocenters. The molecule has 0 saturated heterocycles. The minimum atomic E-state index is -0.197. The van der Waals surface area contributed by atoms with E-state index in [0.29, 0.717) is 0 Å². The molecule has 0 aromatic carbocycles. The molecule has 0 amide bonds. The first-order valence-electron chi connectivity index (χ1n) is 3.74. The second-order valence-electron chi connectivity index (χ2n) is 2.24. The lowest BCUT2D eigenvalue weighted by atomic mass is 10.2. The van der Waals surface area contributed by atoms with Crippen LogP contribution in [0.5, 0.6) is 0 Å². The van der Waals surface area contributed by atoms with E-state index in [0.717, 1.165) is 5.75 Å². The molecular weight excluding hydrogens is 164 g/mol. The van der Waals surface area contributed by atoms with Gasteiger partial charge in [0.1, 0.15) is 0 Å². The molecule has 0 spiro atoms. The maximum Gasteiger partial charge on any atom is 0.0506 e. The van der Waals surface area contributed by atoms with Crippen LogP contribution in [0.4, 0.5) is 0 Å². The fourth-order valence-corrected chi connectivity index (χ4v) is 1.69. The van der Waals surface area contributed by atoms with Crippen LogP contribution in [0.2, 0.25) is 0 Å². The quantitative estimate of drug-likeness (QED) is 0.580. The van der Waals surface area contributed by atoms with Crippen LogP contribution in [0.3, 0.4) is 0 Å². The Kier molecular flexibility index (Phi) is 8.04. The summed E-state index contributed by atoms with van der Waals surface area (Å²) in [5, 5.41) is 0. The monoisotopic (exact) mass is 180 g/mol. The van der Waals surface area contributed by atoms with E-state index < -0.39 is 0 Å². The molecule has 0 saturated carbocycles. The summed E-state index contributed by atoms with van der Waals surface area (Å²) < 4.78 is 4.97. The van der Waals surface area contributed by atoms with Gasteiger partial charge in [0.15, 0.2) is 0 Å². The van der Waals surface area contributed by atoms with Crippen LogP contribution in [0, 0.1) is 0 Å². The molecule has 62 valence electrons. The predicted octanol–water partition coefficient (Wildman–Crippen LogP) is 2.21. The molecule has 0 heterocycles. The van der Waals surface area contributed by atoms with Gasteiger partial charge in [-0.25, -0.2) is 0 Å². The number of unbranched alkanes of at least 4 members (excludes halogenated alkanes) is 3. The summed E-state index contributed by atoms with van der Waals surface area (Å²) in [4.78, 5) is 0. The molecule has 0 radical (unpaired) electrons. The molecule has 0 aliphatic carbocycles. The number of rotatable bonds is 6. The molecule has 10 heavy (non-hydrogen) atoms. The largest absolute Gasteiger partial charge is 0.316 e. The molecule has 0 rings (SSSR count). The molecular formula is C7H16OS2. The lowest BCUT2D eigenvalue weighted by Gasteiger charge is -2.00. The van der Waals surface area contributed by atoms with Crippen molar-refractivity contribution in [3.8, 4) is 0 Å². The molecule has 0 aliphatic heterocycles. The zero-order chi connectivity index (χ0) is 7.82. The van der Waals surface area contributed by atoms with Crippen molar-refractivity contribution in [3.63, 3.8) is 0 Å². The van der Waals surface area contributed by atoms with Gasteiger partial charge in [-0.05, 0) is 17.6 Å². The van der Waals surface area contributed by atoms with Crippen molar-refractivity contribution in [2.45, 2.75) is 32.6 Å². The van der Waals surface area contributed by atoms with Gasteiger partial charge in [-0.15, -0.1) is 0 Å². The molecule has 0 aliphatic rings. The minimum Gasteiger partial charge on any atom is -0.316 e. The maximum atomic E-state index is 4.99. The Morgan fingerprint density at radius 1 is 1.30 bits per heavy atom.